The standard InChI is InChI=1S/C23H29N3O3S.ClH/c1-16-11-12-17(2)22-21(16)24-23(30-22)26(14-8-13-25(3)4)20(27)15-29-19-10-7-6-9-18(19)28-5;/h6-7,9-12H,8,13-15H2,1-5H3;1H. The number of hydrogen-bond acceptors (Lipinski definition) is 6. The van der Waals surface area contributed by atoms with Crippen molar-refractivity contribution in [2.45, 2.75) is 20.3 Å². The first-order chi connectivity index (χ1) is 14.4. The van der Waals surface area contributed by atoms with E-state index in [4.69, 9.17) is 14.5 Å². The van der Waals surface area contributed by atoms with Gasteiger partial charge in [-0.15, -0.1) is 12.4 Å². The second-order valence-corrected chi connectivity index (χ2v) is 8.49. The average molecular weight is 464 g/mol. The number of methoxy groups -OCH3 is 1. The van der Waals surface area contributed by atoms with E-state index >= 15 is 0 Å². The summed E-state index contributed by atoms with van der Waals surface area (Å²) in [6.45, 7) is 5.53. The van der Waals surface area contributed by atoms with Crippen LogP contribution in [0.2, 0.25) is 0 Å². The topological polar surface area (TPSA) is 54.9 Å². The van der Waals surface area contributed by atoms with Gasteiger partial charge in [0, 0.05) is 6.54 Å². The fourth-order valence-electron chi connectivity index (χ4n) is 3.19. The summed E-state index contributed by atoms with van der Waals surface area (Å²) in [5.41, 5.74) is 3.25. The highest BCUT2D eigenvalue weighted by molar-refractivity contribution is 7.22. The quantitative estimate of drug-likeness (QED) is 0.460. The van der Waals surface area contributed by atoms with Gasteiger partial charge in [-0.2, -0.15) is 0 Å². The first kappa shape index (κ1) is 24.9. The molecule has 6 nitrogen and oxygen atoms in total. The molecule has 0 radical (unpaired) electrons. The van der Waals surface area contributed by atoms with Crippen LogP contribution in [0.3, 0.4) is 0 Å². The van der Waals surface area contributed by atoms with Crippen LogP contribution in [0.25, 0.3) is 10.2 Å². The Bertz CT molecular complexity index is 983. The van der Waals surface area contributed by atoms with Crippen molar-refractivity contribution in [3.05, 3.63) is 47.5 Å². The Morgan fingerprint density at radius 2 is 1.71 bits per heavy atom. The third-order valence-corrected chi connectivity index (χ3v) is 6.08. The lowest BCUT2D eigenvalue weighted by atomic mass is 10.1. The van der Waals surface area contributed by atoms with Gasteiger partial charge in [0.2, 0.25) is 0 Å². The molecule has 31 heavy (non-hydrogen) atoms. The van der Waals surface area contributed by atoms with Crippen LogP contribution < -0.4 is 14.4 Å². The molecule has 0 aliphatic heterocycles. The summed E-state index contributed by atoms with van der Waals surface area (Å²) in [5.74, 6) is 1.04. The Hall–Kier alpha value is -2.35. The molecular formula is C23H30ClN3O3S. The summed E-state index contributed by atoms with van der Waals surface area (Å²) in [6.07, 6.45) is 0.848. The van der Waals surface area contributed by atoms with E-state index < -0.39 is 0 Å². The molecule has 1 aromatic heterocycles. The van der Waals surface area contributed by atoms with Gasteiger partial charge in [-0.25, -0.2) is 4.98 Å². The molecule has 0 unspecified atom stereocenters. The molecule has 0 aliphatic carbocycles. The van der Waals surface area contributed by atoms with Crippen molar-refractivity contribution >= 4 is 45.0 Å². The molecule has 3 rings (SSSR count). The summed E-state index contributed by atoms with van der Waals surface area (Å²) < 4.78 is 12.2. The number of anilines is 1. The monoisotopic (exact) mass is 463 g/mol. The zero-order valence-electron chi connectivity index (χ0n) is 18.7. The number of rotatable bonds is 9. The van der Waals surface area contributed by atoms with E-state index in [0.717, 1.165) is 33.9 Å². The second kappa shape index (κ2) is 11.3. The van der Waals surface area contributed by atoms with Gasteiger partial charge in [0.15, 0.2) is 23.2 Å². The number of aryl methyl sites for hydroxylation is 2. The van der Waals surface area contributed by atoms with Gasteiger partial charge >= 0.3 is 0 Å². The highest BCUT2D eigenvalue weighted by Crippen LogP contribution is 2.33. The Labute approximate surface area is 194 Å². The second-order valence-electron chi connectivity index (χ2n) is 7.52. The Balaban J connectivity index is 0.00000341. The number of fused-ring (bicyclic) bond motifs is 1. The SMILES string of the molecule is COc1ccccc1OCC(=O)N(CCCN(C)C)c1nc2c(C)ccc(C)c2s1.Cl. The fourth-order valence-corrected chi connectivity index (χ4v) is 4.35. The molecule has 0 saturated heterocycles. The number of thiazole rings is 1. The number of aromatic nitrogens is 1. The van der Waals surface area contributed by atoms with Gasteiger partial charge < -0.3 is 14.4 Å². The summed E-state index contributed by atoms with van der Waals surface area (Å²) in [5, 5.41) is 0.717. The minimum Gasteiger partial charge on any atom is -0.493 e. The Morgan fingerprint density at radius 3 is 2.35 bits per heavy atom. The van der Waals surface area contributed by atoms with Crippen molar-refractivity contribution in [2.75, 3.05) is 45.8 Å². The van der Waals surface area contributed by atoms with Gasteiger partial charge in [0.05, 0.1) is 17.3 Å². The zero-order valence-corrected chi connectivity index (χ0v) is 20.3. The molecule has 0 bridgehead atoms. The van der Waals surface area contributed by atoms with Crippen LogP contribution in [0.1, 0.15) is 17.5 Å². The number of hydrogen-bond donors (Lipinski definition) is 0. The summed E-state index contributed by atoms with van der Waals surface area (Å²) in [4.78, 5) is 21.8. The van der Waals surface area contributed by atoms with Crippen LogP contribution in [-0.4, -0.2) is 56.7 Å². The minimum atomic E-state index is -0.117. The smallest absolute Gasteiger partial charge is 0.266 e. The molecule has 0 fully saturated rings. The number of carbonyl (C=O) groups is 1. The number of benzene rings is 2. The molecule has 0 aliphatic rings. The Morgan fingerprint density at radius 1 is 1.03 bits per heavy atom. The van der Waals surface area contributed by atoms with Crippen LogP contribution >= 0.6 is 23.7 Å². The molecule has 8 heteroatoms. The number of para-hydroxylation sites is 2. The lowest BCUT2D eigenvalue weighted by Gasteiger charge is -2.21. The Kier molecular flexibility index (Phi) is 9.10. The van der Waals surface area contributed by atoms with E-state index in [-0.39, 0.29) is 24.9 Å². The maximum Gasteiger partial charge on any atom is 0.266 e. The number of carbonyl (C=O) groups excluding carboxylic acids is 1. The van der Waals surface area contributed by atoms with Crippen molar-refractivity contribution in [1.82, 2.24) is 9.88 Å². The van der Waals surface area contributed by atoms with E-state index in [9.17, 15) is 4.79 Å². The fraction of sp³-hybridized carbons (Fsp3) is 0.391. The molecule has 1 amide bonds. The molecule has 0 saturated carbocycles. The van der Waals surface area contributed by atoms with Crippen molar-refractivity contribution in [3.63, 3.8) is 0 Å². The number of halogens is 1. The highest BCUT2D eigenvalue weighted by atomic mass is 35.5. The summed E-state index contributed by atoms with van der Waals surface area (Å²) in [6, 6.07) is 11.5. The molecule has 1 heterocycles. The lowest BCUT2D eigenvalue weighted by Crippen LogP contribution is -2.36. The van der Waals surface area contributed by atoms with Crippen molar-refractivity contribution in [2.24, 2.45) is 0 Å². The predicted octanol–water partition coefficient (Wildman–Crippen LogP) is 4.71. The number of ether oxygens (including phenoxy) is 2. The molecule has 3 aromatic rings. The van der Waals surface area contributed by atoms with E-state index in [2.05, 4.69) is 24.0 Å². The van der Waals surface area contributed by atoms with Gasteiger partial charge in [-0.1, -0.05) is 35.6 Å². The molecule has 0 N–H and O–H groups in total. The largest absolute Gasteiger partial charge is 0.493 e. The number of amides is 1. The van der Waals surface area contributed by atoms with E-state index in [1.807, 2.05) is 39.2 Å². The molecule has 2 aromatic carbocycles. The first-order valence-corrected chi connectivity index (χ1v) is 10.8. The normalized spacial score (nSPS) is 10.8. The first-order valence-electron chi connectivity index (χ1n) is 9.98. The van der Waals surface area contributed by atoms with E-state index in [1.54, 1.807) is 29.4 Å². The van der Waals surface area contributed by atoms with Gasteiger partial charge in [-0.3, -0.25) is 9.69 Å². The van der Waals surface area contributed by atoms with E-state index in [1.165, 1.54) is 5.56 Å². The van der Waals surface area contributed by atoms with Gasteiger partial charge in [-0.05, 0) is 64.2 Å². The number of nitrogens with zero attached hydrogens (tertiary/aromatic N) is 3. The van der Waals surface area contributed by atoms with Crippen LogP contribution in [0.4, 0.5) is 5.13 Å². The van der Waals surface area contributed by atoms with Crippen LogP contribution in [0, 0.1) is 13.8 Å². The van der Waals surface area contributed by atoms with Crippen molar-refractivity contribution < 1.29 is 14.3 Å². The predicted molar refractivity (Wildman–Crippen MR) is 130 cm³/mol. The summed E-state index contributed by atoms with van der Waals surface area (Å²) >= 11 is 1.56. The maximum absolute atomic E-state index is 13.2. The van der Waals surface area contributed by atoms with Crippen LogP contribution in [-0.2, 0) is 4.79 Å². The van der Waals surface area contributed by atoms with Crippen molar-refractivity contribution in [1.29, 1.82) is 0 Å². The molecule has 168 valence electrons. The molecule has 0 spiro atoms. The molecular weight excluding hydrogens is 434 g/mol. The van der Waals surface area contributed by atoms with Gasteiger partial charge in [0.25, 0.3) is 5.91 Å². The third kappa shape index (κ3) is 6.09. The van der Waals surface area contributed by atoms with Crippen LogP contribution in [0.5, 0.6) is 11.5 Å². The van der Waals surface area contributed by atoms with Crippen molar-refractivity contribution in [3.8, 4) is 11.5 Å². The lowest BCUT2D eigenvalue weighted by molar-refractivity contribution is -0.120. The van der Waals surface area contributed by atoms with Crippen LogP contribution in [0.15, 0.2) is 36.4 Å². The molecule has 0 atom stereocenters. The maximum atomic E-state index is 13.2. The van der Waals surface area contributed by atoms with E-state index in [0.29, 0.717) is 18.0 Å². The highest BCUT2D eigenvalue weighted by Gasteiger charge is 2.21. The zero-order chi connectivity index (χ0) is 21.7. The summed E-state index contributed by atoms with van der Waals surface area (Å²) in [7, 11) is 5.64. The minimum absolute atomic E-state index is 0. The average Bonchev–Trinajstić information content (AvgIpc) is 3.18. The third-order valence-electron chi connectivity index (χ3n) is 4.87. The van der Waals surface area contributed by atoms with Gasteiger partial charge in [0.1, 0.15) is 0 Å².